The van der Waals surface area contributed by atoms with Crippen LogP contribution in [0.1, 0.15) is 25.0 Å². The van der Waals surface area contributed by atoms with E-state index in [0.717, 1.165) is 19.9 Å². The van der Waals surface area contributed by atoms with E-state index in [9.17, 15) is 18.0 Å². The summed E-state index contributed by atoms with van der Waals surface area (Å²) in [6.07, 6.45) is 0.231. The van der Waals surface area contributed by atoms with E-state index in [1.54, 1.807) is 31.2 Å². The van der Waals surface area contributed by atoms with E-state index >= 15 is 0 Å². The predicted molar refractivity (Wildman–Crippen MR) is 181 cm³/mol. The van der Waals surface area contributed by atoms with Crippen LogP contribution >= 0.6 is 27.5 Å². The smallest absolute Gasteiger partial charge is 0.264 e. The van der Waals surface area contributed by atoms with E-state index in [4.69, 9.17) is 16.3 Å². The zero-order valence-electron chi connectivity index (χ0n) is 25.0. The third-order valence-electron chi connectivity index (χ3n) is 7.00. The van der Waals surface area contributed by atoms with Gasteiger partial charge in [-0.2, -0.15) is 0 Å². The molecule has 4 rings (SSSR count). The Balaban J connectivity index is 1.82. The van der Waals surface area contributed by atoms with Gasteiger partial charge in [-0.3, -0.25) is 13.9 Å². The molecule has 0 unspecified atom stereocenters. The number of para-hydroxylation sites is 2. The van der Waals surface area contributed by atoms with Gasteiger partial charge in [-0.15, -0.1) is 0 Å². The normalized spacial score (nSPS) is 11.8. The molecule has 45 heavy (non-hydrogen) atoms. The molecule has 0 radical (unpaired) electrons. The number of carbonyl (C=O) groups is 2. The van der Waals surface area contributed by atoms with E-state index in [0.29, 0.717) is 17.3 Å². The molecule has 0 saturated heterocycles. The minimum Gasteiger partial charge on any atom is -0.492 e. The lowest BCUT2D eigenvalue weighted by molar-refractivity contribution is -0.140. The maximum atomic E-state index is 14.5. The molecule has 1 atom stereocenters. The molecule has 0 heterocycles. The highest BCUT2D eigenvalue weighted by Gasteiger charge is 2.35. The van der Waals surface area contributed by atoms with E-state index in [-0.39, 0.29) is 36.1 Å². The minimum absolute atomic E-state index is 0.0463. The van der Waals surface area contributed by atoms with Gasteiger partial charge in [0.25, 0.3) is 10.0 Å². The molecule has 4 aromatic carbocycles. The monoisotopic (exact) mass is 711 g/mol. The lowest BCUT2D eigenvalue weighted by atomic mass is 10.0. The van der Waals surface area contributed by atoms with Gasteiger partial charge in [0.05, 0.1) is 17.2 Å². The number of carbonyl (C=O) groups excluding carboxylic acids is 2. The number of hydrogen-bond acceptors (Lipinski definition) is 5. The number of anilines is 1. The second kappa shape index (κ2) is 15.9. The van der Waals surface area contributed by atoms with Crippen LogP contribution in [-0.4, -0.2) is 50.9 Å². The van der Waals surface area contributed by atoms with Crippen LogP contribution in [0, 0.1) is 0 Å². The first-order valence-corrected chi connectivity index (χ1v) is 17.1. The fraction of sp³-hybridized carbons (Fsp3) is 0.235. The molecule has 0 aliphatic rings. The maximum Gasteiger partial charge on any atom is 0.264 e. The molecule has 0 spiro atoms. The van der Waals surface area contributed by atoms with Crippen molar-refractivity contribution in [3.8, 4) is 5.75 Å². The number of ether oxygens (including phenoxy) is 1. The predicted octanol–water partition coefficient (Wildman–Crippen LogP) is 6.47. The van der Waals surface area contributed by atoms with Crippen LogP contribution in [-0.2, 0) is 32.6 Å². The Morgan fingerprint density at radius 1 is 0.867 bits per heavy atom. The molecular formula is C34H35BrClN3O5S. The van der Waals surface area contributed by atoms with Crippen molar-refractivity contribution in [3.63, 3.8) is 0 Å². The van der Waals surface area contributed by atoms with Gasteiger partial charge in [0, 0.05) is 29.0 Å². The van der Waals surface area contributed by atoms with E-state index in [1.165, 1.54) is 29.2 Å². The summed E-state index contributed by atoms with van der Waals surface area (Å²) in [7, 11) is -4.29. The van der Waals surface area contributed by atoms with Crippen LogP contribution in [0.15, 0.2) is 112 Å². The van der Waals surface area contributed by atoms with Gasteiger partial charge < -0.3 is 15.0 Å². The molecule has 0 aromatic heterocycles. The number of hydrogen-bond donors (Lipinski definition) is 1. The highest BCUT2D eigenvalue weighted by molar-refractivity contribution is 9.10. The van der Waals surface area contributed by atoms with E-state index in [1.807, 2.05) is 61.5 Å². The third-order valence-corrected chi connectivity index (χ3v) is 9.56. The van der Waals surface area contributed by atoms with Crippen LogP contribution in [0.2, 0.25) is 5.02 Å². The average Bonchev–Trinajstić information content (AvgIpc) is 3.03. The maximum absolute atomic E-state index is 14.5. The van der Waals surface area contributed by atoms with Gasteiger partial charge in [0.2, 0.25) is 11.8 Å². The number of nitrogens with one attached hydrogen (secondary N) is 1. The van der Waals surface area contributed by atoms with E-state index < -0.39 is 28.5 Å². The second-order valence-corrected chi connectivity index (χ2v) is 13.3. The topological polar surface area (TPSA) is 96.0 Å². The molecule has 4 aromatic rings. The van der Waals surface area contributed by atoms with Gasteiger partial charge >= 0.3 is 0 Å². The zero-order chi connectivity index (χ0) is 32.4. The lowest BCUT2D eigenvalue weighted by Gasteiger charge is -2.34. The summed E-state index contributed by atoms with van der Waals surface area (Å²) >= 11 is 9.51. The summed E-state index contributed by atoms with van der Waals surface area (Å²) in [4.78, 5) is 29.5. The number of halogens is 2. The van der Waals surface area contributed by atoms with Crippen molar-refractivity contribution in [1.82, 2.24) is 10.2 Å². The van der Waals surface area contributed by atoms with Crippen molar-refractivity contribution in [2.24, 2.45) is 0 Å². The molecule has 8 nitrogen and oxygen atoms in total. The number of benzene rings is 4. The Bertz CT molecular complexity index is 1690. The summed E-state index contributed by atoms with van der Waals surface area (Å²) in [5, 5.41) is 3.24. The summed E-state index contributed by atoms with van der Waals surface area (Å²) < 4.78 is 36.1. The number of nitrogens with zero attached hydrogens (tertiary/aromatic N) is 2. The molecule has 0 aliphatic carbocycles. The Kier molecular flexibility index (Phi) is 12.0. The van der Waals surface area contributed by atoms with Crippen molar-refractivity contribution in [2.75, 3.05) is 24.0 Å². The molecule has 2 amide bonds. The molecule has 0 bridgehead atoms. The average molecular weight is 713 g/mol. The van der Waals surface area contributed by atoms with Crippen molar-refractivity contribution in [2.45, 2.75) is 37.8 Å². The van der Waals surface area contributed by atoms with Crippen molar-refractivity contribution >= 4 is 55.1 Å². The Morgan fingerprint density at radius 3 is 2.16 bits per heavy atom. The molecule has 0 saturated carbocycles. The van der Waals surface area contributed by atoms with Gasteiger partial charge in [0.15, 0.2) is 0 Å². The highest BCUT2D eigenvalue weighted by atomic mass is 79.9. The van der Waals surface area contributed by atoms with Gasteiger partial charge in [-0.05, 0) is 73.5 Å². The number of rotatable bonds is 14. The summed E-state index contributed by atoms with van der Waals surface area (Å²) in [5.41, 5.74) is 1.83. The number of sulfonamides is 1. The van der Waals surface area contributed by atoms with Crippen LogP contribution in [0.5, 0.6) is 5.75 Å². The van der Waals surface area contributed by atoms with Crippen LogP contribution < -0.4 is 14.4 Å². The summed E-state index contributed by atoms with van der Waals surface area (Å²) in [6, 6.07) is 28.3. The number of likely N-dealkylation sites (N-methyl/N-ethyl adjacent to an activating group) is 1. The molecule has 236 valence electrons. The minimum atomic E-state index is -4.29. The van der Waals surface area contributed by atoms with Gasteiger partial charge in [-0.25, -0.2) is 8.42 Å². The zero-order valence-corrected chi connectivity index (χ0v) is 28.2. The fourth-order valence-electron chi connectivity index (χ4n) is 4.82. The van der Waals surface area contributed by atoms with Crippen LogP contribution in [0.4, 0.5) is 5.69 Å². The molecule has 11 heteroatoms. The van der Waals surface area contributed by atoms with Crippen molar-refractivity contribution < 1.29 is 22.7 Å². The van der Waals surface area contributed by atoms with Crippen LogP contribution in [0.25, 0.3) is 0 Å². The fourth-order valence-corrected chi connectivity index (χ4v) is 6.64. The van der Waals surface area contributed by atoms with Crippen LogP contribution in [0.3, 0.4) is 0 Å². The Morgan fingerprint density at radius 2 is 1.51 bits per heavy atom. The SMILES string of the molecule is CCNC(=O)[C@H](Cc1ccccc1)N(Cc1ccc(Br)cc1)C(=O)CN(c1ccccc1OCC)S(=O)(=O)c1ccc(Cl)cc1. The Labute approximate surface area is 278 Å². The van der Waals surface area contributed by atoms with E-state index in [2.05, 4.69) is 21.2 Å². The largest absolute Gasteiger partial charge is 0.492 e. The highest BCUT2D eigenvalue weighted by Crippen LogP contribution is 2.33. The van der Waals surface area contributed by atoms with Crippen molar-refractivity contribution in [3.05, 3.63) is 124 Å². The second-order valence-electron chi connectivity index (χ2n) is 10.1. The lowest BCUT2D eigenvalue weighted by Crippen LogP contribution is -2.53. The first-order valence-electron chi connectivity index (χ1n) is 14.5. The first kappa shape index (κ1) is 34.0. The summed E-state index contributed by atoms with van der Waals surface area (Å²) in [5.74, 6) is -0.600. The molecule has 1 N–H and O–H groups in total. The molecule has 0 fully saturated rings. The van der Waals surface area contributed by atoms with Crippen molar-refractivity contribution in [1.29, 1.82) is 0 Å². The Hall–Kier alpha value is -3.86. The molecular weight excluding hydrogens is 678 g/mol. The number of amides is 2. The van der Waals surface area contributed by atoms with Gasteiger partial charge in [-0.1, -0.05) is 82.1 Å². The standard InChI is InChI=1S/C34H35BrClN3O5S/c1-3-37-34(41)31(22-25-10-6-5-7-11-25)38(23-26-14-16-27(35)17-15-26)33(40)24-39(30-12-8-9-13-32(30)44-4-2)45(42,43)29-20-18-28(36)19-21-29/h5-21,31H,3-4,22-24H2,1-2H3,(H,37,41)/t31-/m0/s1. The first-order chi connectivity index (χ1) is 21.6. The third kappa shape index (κ3) is 8.87. The quantitative estimate of drug-likeness (QED) is 0.162. The molecule has 0 aliphatic heterocycles. The van der Waals surface area contributed by atoms with Gasteiger partial charge in [0.1, 0.15) is 18.3 Å². The summed E-state index contributed by atoms with van der Waals surface area (Å²) in [6.45, 7) is 3.73.